The number of nitrogens with one attached hydrogen (secondary N) is 6. The van der Waals surface area contributed by atoms with Crippen molar-refractivity contribution in [1.82, 2.24) is 45.7 Å². The Morgan fingerprint density at radius 2 is 1.46 bits per heavy atom. The number of amides is 6. The smallest absolute Gasteiger partial charge is 0.268 e. The van der Waals surface area contributed by atoms with E-state index in [4.69, 9.17) is 25.8 Å². The Kier molecular flexibility index (Phi) is 26.2. The Morgan fingerprint density at radius 3 is 2.20 bits per heavy atom. The number of aromatic nitrogens is 4. The third kappa shape index (κ3) is 20.9. The molecule has 24 heteroatoms. The lowest BCUT2D eigenvalue weighted by Crippen LogP contribution is -2.47. The maximum Gasteiger partial charge on any atom is 0.268 e. The molecule has 0 unspecified atom stereocenters. The van der Waals surface area contributed by atoms with Gasteiger partial charge >= 0.3 is 0 Å². The zero-order chi connectivity index (χ0) is 59.6. The van der Waals surface area contributed by atoms with Gasteiger partial charge in [0.1, 0.15) is 34.6 Å². The van der Waals surface area contributed by atoms with Gasteiger partial charge in [-0.15, -0.1) is 0 Å². The molecule has 4 heterocycles. The third-order valence-electron chi connectivity index (χ3n) is 14.6. The number of nitrogens with zero attached hydrogens (tertiary/aromatic N) is 7. The molecule has 7 rings (SSSR count). The maximum atomic E-state index is 13.3. The number of thiazole rings is 1. The van der Waals surface area contributed by atoms with Crippen LogP contribution in [0, 0.1) is 26.7 Å². The molecule has 0 atom stereocenters. The summed E-state index contributed by atoms with van der Waals surface area (Å²) in [5, 5.41) is 19.0. The number of unbranched alkanes of at least 4 members (excludes halogenated alkanes) is 2. The Hall–Kier alpha value is -7.02. The zero-order valence-electron chi connectivity index (χ0n) is 48.9. The van der Waals surface area contributed by atoms with E-state index >= 15 is 0 Å². The number of likely N-dealkylation sites (N-methyl/N-ethyl adjacent to an activating group) is 1. The molecule has 1 aliphatic heterocycles. The highest BCUT2D eigenvalue weighted by Crippen LogP contribution is 2.29. The average molecular weight is 1200 g/mol. The highest BCUT2D eigenvalue weighted by Gasteiger charge is 2.28. The highest BCUT2D eigenvalue weighted by molar-refractivity contribution is 7.17. The van der Waals surface area contributed by atoms with Crippen molar-refractivity contribution in [3.63, 3.8) is 0 Å². The lowest BCUT2D eigenvalue weighted by molar-refractivity contribution is -0.126. The van der Waals surface area contributed by atoms with Gasteiger partial charge in [-0.05, 0) is 108 Å². The number of hydrogen-bond donors (Lipinski definition) is 6. The standard InChI is InChI=1S/C60H82ClN13O9S/c1-5-74(47-14-9-12-42(2)38-47)55(77)41-73-26-11-16-49(73)58(79)68-46-20-18-45(19-21-46)57(78)64-23-8-6-7-17-53(75)62-25-34-83-37-36-81-32-22-54(76)63-24-33-82-35-31-71-27-29-72(30-28-71)52-39-51(66-44(4)67-52)69-60-65-40-50(84-60)59(80)70-56-43(3)13-10-15-48(56)61/h9-16,26,38-40,45-46H,5-8,17-25,27-37,41H2,1-4H3,(H,62,75)(H,63,76)(H,64,78)(H,68,79)(H,70,80)(H,65,66,67,69). The summed E-state index contributed by atoms with van der Waals surface area (Å²) >= 11 is 7.52. The number of carbonyl (C=O) groups excluding carboxylic acids is 6. The van der Waals surface area contributed by atoms with Crippen LogP contribution in [-0.4, -0.2) is 164 Å². The lowest BCUT2D eigenvalue weighted by atomic mass is 9.85. The van der Waals surface area contributed by atoms with E-state index < -0.39 is 0 Å². The fourth-order valence-corrected chi connectivity index (χ4v) is 11.0. The molecule has 6 N–H and O–H groups in total. The predicted molar refractivity (Wildman–Crippen MR) is 326 cm³/mol. The predicted octanol–water partition coefficient (Wildman–Crippen LogP) is 6.82. The van der Waals surface area contributed by atoms with E-state index in [0.717, 1.165) is 68.2 Å². The Balaban J connectivity index is 0.623. The van der Waals surface area contributed by atoms with E-state index in [1.54, 1.807) is 33.9 Å². The minimum atomic E-state index is -0.292. The molecule has 1 saturated heterocycles. The van der Waals surface area contributed by atoms with E-state index in [2.05, 4.69) is 56.7 Å². The summed E-state index contributed by atoms with van der Waals surface area (Å²) < 4.78 is 18.6. The summed E-state index contributed by atoms with van der Waals surface area (Å²) in [7, 11) is 0. The SMILES string of the molecule is CCN(C(=O)Cn1cccc1C(=O)NC1CCC(C(=O)NCCCCCC(=O)NCCOCCOCCC(=O)NCCOCCN2CCN(c3cc(Nc4ncc(C(=O)Nc5c(C)cccc5Cl)s4)nc(C)n3)CC2)CC1)c1cccc(C)c1. The number of carbonyl (C=O) groups is 6. The van der Waals surface area contributed by atoms with Gasteiger partial charge in [0.2, 0.25) is 23.6 Å². The highest BCUT2D eigenvalue weighted by atomic mass is 35.5. The molecule has 1 aliphatic carbocycles. The first kappa shape index (κ1) is 64.5. The molecule has 84 heavy (non-hydrogen) atoms. The zero-order valence-corrected chi connectivity index (χ0v) is 50.4. The molecule has 22 nitrogen and oxygen atoms in total. The largest absolute Gasteiger partial charge is 0.379 e. The molecule has 0 radical (unpaired) electrons. The van der Waals surface area contributed by atoms with Gasteiger partial charge in [0.25, 0.3) is 11.8 Å². The first-order valence-corrected chi connectivity index (χ1v) is 30.4. The first-order chi connectivity index (χ1) is 40.7. The molecular formula is C60H82ClN13O9S. The van der Waals surface area contributed by atoms with Crippen LogP contribution in [0.3, 0.4) is 0 Å². The van der Waals surface area contributed by atoms with Gasteiger partial charge in [0, 0.05) is 102 Å². The first-order valence-electron chi connectivity index (χ1n) is 29.2. The molecule has 0 spiro atoms. The molecule has 1 saturated carbocycles. The number of hydrogen-bond acceptors (Lipinski definition) is 16. The molecule has 5 aromatic rings. The van der Waals surface area contributed by atoms with E-state index in [1.165, 1.54) is 17.5 Å². The number of ether oxygens (including phenoxy) is 3. The monoisotopic (exact) mass is 1200 g/mol. The number of benzene rings is 2. The molecule has 0 bridgehead atoms. The summed E-state index contributed by atoms with van der Waals surface area (Å²) in [4.78, 5) is 97.4. The third-order valence-corrected chi connectivity index (χ3v) is 15.8. The van der Waals surface area contributed by atoms with Crippen molar-refractivity contribution < 1.29 is 43.0 Å². The van der Waals surface area contributed by atoms with Crippen LogP contribution in [0.25, 0.3) is 0 Å². The second-order valence-corrected chi connectivity index (χ2v) is 22.4. The van der Waals surface area contributed by atoms with Gasteiger partial charge < -0.3 is 60.5 Å². The molecule has 6 amide bonds. The van der Waals surface area contributed by atoms with E-state index in [-0.39, 0.29) is 67.0 Å². The molecule has 3 aromatic heterocycles. The summed E-state index contributed by atoms with van der Waals surface area (Å²) in [6.07, 6.45) is 8.97. The Bertz CT molecular complexity index is 2920. The number of rotatable bonds is 33. The van der Waals surface area contributed by atoms with Gasteiger partial charge in [-0.25, -0.2) is 15.0 Å². The van der Waals surface area contributed by atoms with Crippen molar-refractivity contribution in [3.05, 3.63) is 106 Å². The minimum absolute atomic E-state index is 0.0328. The van der Waals surface area contributed by atoms with Gasteiger partial charge in [-0.1, -0.05) is 53.6 Å². The van der Waals surface area contributed by atoms with Crippen LogP contribution in [0.1, 0.15) is 102 Å². The minimum Gasteiger partial charge on any atom is -0.379 e. The van der Waals surface area contributed by atoms with Crippen LogP contribution in [-0.2, 0) is 39.9 Å². The number of anilines is 5. The van der Waals surface area contributed by atoms with Gasteiger partial charge in [-0.2, -0.15) is 0 Å². The van der Waals surface area contributed by atoms with Gasteiger partial charge in [0.15, 0.2) is 5.13 Å². The van der Waals surface area contributed by atoms with Crippen LogP contribution in [0.15, 0.2) is 73.1 Å². The molecule has 454 valence electrons. The van der Waals surface area contributed by atoms with Crippen molar-refractivity contribution in [1.29, 1.82) is 0 Å². The van der Waals surface area contributed by atoms with Crippen LogP contribution >= 0.6 is 22.9 Å². The second-order valence-electron chi connectivity index (χ2n) is 20.9. The van der Waals surface area contributed by atoms with Crippen molar-refractivity contribution in [2.24, 2.45) is 5.92 Å². The van der Waals surface area contributed by atoms with Crippen molar-refractivity contribution in [3.8, 4) is 0 Å². The average Bonchev–Trinajstić information content (AvgIpc) is 4.19. The van der Waals surface area contributed by atoms with Crippen molar-refractivity contribution in [2.75, 3.05) is 119 Å². The Morgan fingerprint density at radius 1 is 0.738 bits per heavy atom. The number of halogens is 1. The van der Waals surface area contributed by atoms with Crippen LogP contribution < -0.4 is 41.7 Å². The Labute approximate surface area is 501 Å². The molecule has 2 fully saturated rings. The number of piperazine rings is 1. The van der Waals surface area contributed by atoms with Crippen LogP contribution in [0.2, 0.25) is 5.02 Å². The van der Waals surface area contributed by atoms with E-state index in [1.807, 2.05) is 70.2 Å². The molecule has 2 aliphatic rings. The quantitative estimate of drug-likeness (QED) is 0.0236. The number of para-hydroxylation sites is 1. The van der Waals surface area contributed by atoms with Gasteiger partial charge in [-0.3, -0.25) is 33.7 Å². The van der Waals surface area contributed by atoms with E-state index in [0.29, 0.717) is 136 Å². The maximum absolute atomic E-state index is 13.3. The van der Waals surface area contributed by atoms with Gasteiger partial charge in [0.05, 0.1) is 56.5 Å². The molecule has 2 aromatic carbocycles. The summed E-state index contributed by atoms with van der Waals surface area (Å²) in [6, 6.07) is 18.6. The van der Waals surface area contributed by atoms with Crippen molar-refractivity contribution >= 4 is 86.5 Å². The van der Waals surface area contributed by atoms with Crippen molar-refractivity contribution in [2.45, 2.75) is 98.1 Å². The van der Waals surface area contributed by atoms with Crippen LogP contribution in [0.5, 0.6) is 0 Å². The fraction of sp³-hybridized carbons (Fsp3) is 0.517. The fourth-order valence-electron chi connectivity index (χ4n) is 9.97. The topological polar surface area (TPSA) is 256 Å². The van der Waals surface area contributed by atoms with E-state index in [9.17, 15) is 28.8 Å². The summed E-state index contributed by atoms with van der Waals surface area (Å²) in [6.45, 7) is 15.9. The molecular weight excluding hydrogens is 1110 g/mol. The number of aryl methyl sites for hydroxylation is 3. The second kappa shape index (κ2) is 34.1. The van der Waals surface area contributed by atoms with Crippen LogP contribution in [0.4, 0.5) is 28.1 Å². The summed E-state index contributed by atoms with van der Waals surface area (Å²) in [5.74, 6) is 1.18. The lowest BCUT2D eigenvalue weighted by Gasteiger charge is -2.35. The normalized spacial score (nSPS) is 15.3. The summed E-state index contributed by atoms with van der Waals surface area (Å²) in [5.41, 5.74) is 3.78.